The van der Waals surface area contributed by atoms with Gasteiger partial charge in [-0.3, -0.25) is 4.79 Å². The van der Waals surface area contributed by atoms with E-state index in [1.165, 1.54) is 25.1 Å². The van der Waals surface area contributed by atoms with Crippen LogP contribution in [0.5, 0.6) is 5.75 Å². The van der Waals surface area contributed by atoms with Crippen molar-refractivity contribution in [1.82, 2.24) is 0 Å². The molecular formula is C13H15NO4S. The maximum absolute atomic E-state index is 10.7. The molecule has 1 rings (SSSR count). The average molecular weight is 281 g/mol. The zero-order valence-corrected chi connectivity index (χ0v) is 11.2. The van der Waals surface area contributed by atoms with Gasteiger partial charge in [0.15, 0.2) is 5.12 Å². The number of hydrogen-bond acceptors (Lipinski definition) is 6. The monoisotopic (exact) mass is 281 g/mol. The maximum atomic E-state index is 10.7. The van der Waals surface area contributed by atoms with Crippen molar-refractivity contribution < 1.29 is 20.1 Å². The van der Waals surface area contributed by atoms with Crippen LogP contribution in [0.15, 0.2) is 18.2 Å². The molecule has 0 bridgehead atoms. The minimum absolute atomic E-state index is 0.0592. The molecule has 0 fully saturated rings. The number of phenols is 1. The lowest BCUT2D eigenvalue weighted by Crippen LogP contribution is -2.19. The number of aliphatic hydroxyl groups is 2. The third-order valence-corrected chi connectivity index (χ3v) is 3.41. The fourth-order valence-electron chi connectivity index (χ4n) is 1.55. The molecular weight excluding hydrogens is 266 g/mol. The summed E-state index contributed by atoms with van der Waals surface area (Å²) in [6.07, 6.45) is -2.19. The summed E-state index contributed by atoms with van der Waals surface area (Å²) in [7, 11) is 0. The Morgan fingerprint density at radius 2 is 2.16 bits per heavy atom. The van der Waals surface area contributed by atoms with E-state index in [9.17, 15) is 20.1 Å². The Kier molecular flexibility index (Phi) is 5.83. The molecule has 0 aromatic heterocycles. The van der Waals surface area contributed by atoms with Crippen LogP contribution in [0.3, 0.4) is 0 Å². The highest BCUT2D eigenvalue weighted by Gasteiger charge is 2.21. The molecule has 2 unspecified atom stereocenters. The number of hydrogen-bond donors (Lipinski definition) is 3. The van der Waals surface area contributed by atoms with Crippen molar-refractivity contribution in [3.63, 3.8) is 0 Å². The van der Waals surface area contributed by atoms with Crippen LogP contribution in [0.4, 0.5) is 0 Å². The molecule has 0 aliphatic heterocycles. The highest BCUT2D eigenvalue weighted by atomic mass is 32.2. The molecule has 0 amide bonds. The van der Waals surface area contributed by atoms with E-state index in [0.717, 1.165) is 11.8 Å². The molecule has 102 valence electrons. The van der Waals surface area contributed by atoms with Gasteiger partial charge < -0.3 is 15.3 Å². The van der Waals surface area contributed by atoms with E-state index < -0.39 is 12.2 Å². The Labute approximate surface area is 115 Å². The van der Waals surface area contributed by atoms with E-state index in [0.29, 0.717) is 5.75 Å². The minimum Gasteiger partial charge on any atom is -0.508 e. The summed E-state index contributed by atoms with van der Waals surface area (Å²) in [6.45, 7) is 1.43. The smallest absolute Gasteiger partial charge is 0.185 e. The lowest BCUT2D eigenvalue weighted by Gasteiger charge is -2.18. The van der Waals surface area contributed by atoms with E-state index in [1.54, 1.807) is 0 Å². The van der Waals surface area contributed by atoms with Gasteiger partial charge in [-0.05, 0) is 24.6 Å². The van der Waals surface area contributed by atoms with Crippen molar-refractivity contribution in [2.24, 2.45) is 0 Å². The zero-order chi connectivity index (χ0) is 14.4. The van der Waals surface area contributed by atoms with Crippen molar-refractivity contribution in [3.05, 3.63) is 29.3 Å². The molecule has 3 N–H and O–H groups in total. The van der Waals surface area contributed by atoms with Gasteiger partial charge in [-0.25, -0.2) is 0 Å². The lowest BCUT2D eigenvalue weighted by atomic mass is 10.00. The minimum atomic E-state index is -1.29. The van der Waals surface area contributed by atoms with Crippen molar-refractivity contribution in [2.75, 3.05) is 5.75 Å². The summed E-state index contributed by atoms with van der Waals surface area (Å²) in [5.74, 6) is 0.205. The van der Waals surface area contributed by atoms with Crippen molar-refractivity contribution in [2.45, 2.75) is 25.6 Å². The summed E-state index contributed by atoms with van der Waals surface area (Å²) in [5.41, 5.74) is 0.400. The van der Waals surface area contributed by atoms with Crippen LogP contribution in [-0.4, -0.2) is 32.3 Å². The van der Waals surface area contributed by atoms with Gasteiger partial charge in [0.2, 0.25) is 0 Å². The molecule has 0 aliphatic rings. The topological polar surface area (TPSA) is 102 Å². The van der Waals surface area contributed by atoms with Crippen LogP contribution in [0.25, 0.3) is 0 Å². The van der Waals surface area contributed by atoms with Crippen molar-refractivity contribution in [3.8, 4) is 11.8 Å². The number of aromatic hydroxyl groups is 1. The molecule has 0 spiro atoms. The highest BCUT2D eigenvalue weighted by molar-refractivity contribution is 8.13. The summed E-state index contributed by atoms with van der Waals surface area (Å²) in [4.78, 5) is 10.7. The van der Waals surface area contributed by atoms with Crippen LogP contribution in [0.1, 0.15) is 30.6 Å². The molecule has 0 radical (unpaired) electrons. The van der Waals surface area contributed by atoms with Crippen LogP contribution in [0, 0.1) is 11.3 Å². The number of phenolic OH excluding ortho intramolecular Hbond substituents is 1. The van der Waals surface area contributed by atoms with Gasteiger partial charge in [0.1, 0.15) is 11.9 Å². The van der Waals surface area contributed by atoms with Gasteiger partial charge >= 0.3 is 0 Å². The molecule has 0 saturated heterocycles. The average Bonchev–Trinajstić information content (AvgIpc) is 2.38. The van der Waals surface area contributed by atoms with Gasteiger partial charge in [0, 0.05) is 18.2 Å². The van der Waals surface area contributed by atoms with E-state index in [2.05, 4.69) is 0 Å². The van der Waals surface area contributed by atoms with E-state index >= 15 is 0 Å². The molecule has 6 heteroatoms. The third-order valence-electron chi connectivity index (χ3n) is 2.56. The number of nitrogens with zero attached hydrogens (tertiary/aromatic N) is 1. The zero-order valence-electron chi connectivity index (χ0n) is 10.4. The Balaban J connectivity index is 2.73. The number of nitriles is 1. The number of carbonyl (C=O) groups excluding carboxylic acids is 1. The second-order valence-corrected chi connectivity index (χ2v) is 5.30. The molecule has 1 aromatic carbocycles. The van der Waals surface area contributed by atoms with Gasteiger partial charge in [0.25, 0.3) is 0 Å². The molecule has 5 nitrogen and oxygen atoms in total. The predicted molar refractivity (Wildman–Crippen MR) is 71.5 cm³/mol. The normalized spacial score (nSPS) is 13.6. The Morgan fingerprint density at radius 3 is 2.74 bits per heavy atom. The SMILES string of the molecule is CC(=O)SCCC(O)C(O)c1cc(C#N)ccc1O. The molecule has 0 aliphatic carbocycles. The number of thioether (sulfide) groups is 1. The molecule has 1 aromatic rings. The van der Waals surface area contributed by atoms with Gasteiger partial charge in [-0.2, -0.15) is 5.26 Å². The van der Waals surface area contributed by atoms with Gasteiger partial charge in [-0.15, -0.1) is 0 Å². The van der Waals surface area contributed by atoms with Crippen molar-refractivity contribution >= 4 is 16.9 Å². The number of carbonyl (C=O) groups is 1. The van der Waals surface area contributed by atoms with E-state index in [-0.39, 0.29) is 28.4 Å². The second kappa shape index (κ2) is 7.14. The van der Waals surface area contributed by atoms with Crippen molar-refractivity contribution in [1.29, 1.82) is 5.26 Å². The fourth-order valence-corrected chi connectivity index (χ4v) is 2.20. The Hall–Kier alpha value is -1.55. The first-order valence-electron chi connectivity index (χ1n) is 5.68. The molecule has 2 atom stereocenters. The van der Waals surface area contributed by atoms with Crippen LogP contribution < -0.4 is 0 Å². The lowest BCUT2D eigenvalue weighted by molar-refractivity contribution is -0.109. The summed E-state index contributed by atoms with van der Waals surface area (Å²) in [6, 6.07) is 5.95. The largest absolute Gasteiger partial charge is 0.508 e. The van der Waals surface area contributed by atoms with Crippen LogP contribution >= 0.6 is 11.8 Å². The first kappa shape index (κ1) is 15.5. The molecule has 0 heterocycles. The standard InChI is InChI=1S/C13H15NO4S/c1-8(15)19-5-4-12(17)13(18)10-6-9(7-14)2-3-11(10)16/h2-3,6,12-13,16-18H,4-5H2,1H3. The number of benzene rings is 1. The second-order valence-electron chi connectivity index (χ2n) is 4.03. The van der Waals surface area contributed by atoms with Crippen LogP contribution in [0.2, 0.25) is 0 Å². The van der Waals surface area contributed by atoms with E-state index in [4.69, 9.17) is 5.26 Å². The first-order chi connectivity index (χ1) is 8.95. The van der Waals surface area contributed by atoms with Crippen LogP contribution in [-0.2, 0) is 4.79 Å². The quantitative estimate of drug-likeness (QED) is 0.752. The van der Waals surface area contributed by atoms with Gasteiger partial charge in [0.05, 0.1) is 17.7 Å². The highest BCUT2D eigenvalue weighted by Crippen LogP contribution is 2.28. The fraction of sp³-hybridized carbons (Fsp3) is 0.385. The first-order valence-corrected chi connectivity index (χ1v) is 6.66. The predicted octanol–water partition coefficient (Wildman–Crippen LogP) is 1.33. The number of rotatable bonds is 5. The third kappa shape index (κ3) is 4.56. The number of aliphatic hydroxyl groups excluding tert-OH is 2. The summed E-state index contributed by atoms with van der Waals surface area (Å²) >= 11 is 1.06. The van der Waals surface area contributed by atoms with Gasteiger partial charge in [-0.1, -0.05) is 11.8 Å². The summed E-state index contributed by atoms with van der Waals surface area (Å²) < 4.78 is 0. The Morgan fingerprint density at radius 1 is 1.47 bits per heavy atom. The Bertz CT molecular complexity index is 498. The van der Waals surface area contributed by atoms with E-state index in [1.807, 2.05) is 6.07 Å². The molecule has 19 heavy (non-hydrogen) atoms. The molecule has 0 saturated carbocycles. The maximum Gasteiger partial charge on any atom is 0.185 e. The summed E-state index contributed by atoms with van der Waals surface area (Å²) in [5, 5.41) is 38.1.